The van der Waals surface area contributed by atoms with Gasteiger partial charge in [0.2, 0.25) is 5.91 Å². The topological polar surface area (TPSA) is 74.2 Å². The molecule has 0 radical (unpaired) electrons. The summed E-state index contributed by atoms with van der Waals surface area (Å²) in [5.41, 5.74) is 8.79. The molecule has 1 amide bonds. The number of hydrogen-bond acceptors (Lipinski definition) is 5. The monoisotopic (exact) mass is 668 g/mol. The molecular weight excluding hydrogens is 627 g/mol. The molecule has 3 aromatic carbocycles. The van der Waals surface area contributed by atoms with Gasteiger partial charge in [0.05, 0.1) is 10.7 Å². The first kappa shape index (κ1) is 33.3. The highest BCUT2D eigenvalue weighted by atomic mass is 35.5. The van der Waals surface area contributed by atoms with E-state index < -0.39 is 0 Å². The molecule has 0 atom stereocenters. The van der Waals surface area contributed by atoms with Crippen molar-refractivity contribution >= 4 is 29.1 Å². The first-order chi connectivity index (χ1) is 22.9. The number of likely N-dealkylation sites (tertiary alicyclic amines) is 1. The van der Waals surface area contributed by atoms with E-state index in [-0.39, 0.29) is 5.91 Å². The van der Waals surface area contributed by atoms with Crippen LogP contribution in [0.3, 0.4) is 0 Å². The first-order valence-electron chi connectivity index (χ1n) is 16.6. The number of piperidine rings is 1. The van der Waals surface area contributed by atoms with Gasteiger partial charge in [0.25, 0.3) is 0 Å². The Morgan fingerprint density at radius 2 is 1.68 bits per heavy atom. The summed E-state index contributed by atoms with van der Waals surface area (Å²) in [6, 6.07) is 22.6. The molecule has 1 fully saturated rings. The van der Waals surface area contributed by atoms with Crippen molar-refractivity contribution in [2.24, 2.45) is 0 Å². The van der Waals surface area contributed by atoms with Crippen LogP contribution < -0.4 is 16.0 Å². The van der Waals surface area contributed by atoms with E-state index in [1.807, 2.05) is 30.3 Å². The summed E-state index contributed by atoms with van der Waals surface area (Å²) in [6.45, 7) is 8.91. The van der Waals surface area contributed by atoms with Gasteiger partial charge in [-0.3, -0.25) is 9.48 Å². The lowest BCUT2D eigenvalue weighted by atomic mass is 10.0. The molecule has 0 saturated carbocycles. The second-order valence-electron chi connectivity index (χ2n) is 12.5. The number of aryl methyl sites for hydroxylation is 1. The van der Waals surface area contributed by atoms with Gasteiger partial charge in [0.15, 0.2) is 0 Å². The zero-order valence-corrected chi connectivity index (χ0v) is 28.4. The molecule has 0 unspecified atom stereocenters. The van der Waals surface area contributed by atoms with Crippen LogP contribution in [0.2, 0.25) is 10.0 Å². The zero-order valence-electron chi connectivity index (χ0n) is 26.9. The molecule has 7 nitrogen and oxygen atoms in total. The zero-order chi connectivity index (χ0) is 32.6. The maximum absolute atomic E-state index is 11.4. The molecule has 1 saturated heterocycles. The van der Waals surface area contributed by atoms with Crippen molar-refractivity contribution in [2.45, 2.75) is 64.8 Å². The summed E-state index contributed by atoms with van der Waals surface area (Å²) in [5, 5.41) is 16.6. The average molecular weight is 670 g/mol. The predicted octanol–water partition coefficient (Wildman–Crippen LogP) is 6.18. The number of fused-ring (bicyclic) bond motifs is 1. The van der Waals surface area contributed by atoms with E-state index >= 15 is 0 Å². The van der Waals surface area contributed by atoms with E-state index in [4.69, 9.17) is 28.3 Å². The van der Waals surface area contributed by atoms with E-state index in [0.29, 0.717) is 11.1 Å². The van der Waals surface area contributed by atoms with Crippen LogP contribution in [0.15, 0.2) is 66.7 Å². The summed E-state index contributed by atoms with van der Waals surface area (Å²) in [5.74, 6) is 6.68. The smallest absolute Gasteiger partial charge is 0.217 e. The highest BCUT2D eigenvalue weighted by molar-refractivity contribution is 6.31. The summed E-state index contributed by atoms with van der Waals surface area (Å²) < 4.78 is 2.22. The van der Waals surface area contributed by atoms with Crippen molar-refractivity contribution in [3.05, 3.63) is 110 Å². The molecule has 244 valence electrons. The van der Waals surface area contributed by atoms with Gasteiger partial charge in [-0.05, 0) is 73.3 Å². The molecule has 9 heteroatoms. The number of hydrogen-bond donors (Lipinski definition) is 3. The second kappa shape index (κ2) is 16.0. The Kier molecular flexibility index (Phi) is 11.3. The molecule has 2 aliphatic heterocycles. The highest BCUT2D eigenvalue weighted by Gasteiger charge is 2.23. The van der Waals surface area contributed by atoms with Crippen molar-refractivity contribution in [3.8, 4) is 23.1 Å². The summed E-state index contributed by atoms with van der Waals surface area (Å²) >= 11 is 12.6. The normalized spacial score (nSPS) is 15.1. The van der Waals surface area contributed by atoms with Crippen molar-refractivity contribution in [2.75, 3.05) is 26.2 Å². The number of rotatable bonds is 10. The average Bonchev–Trinajstić information content (AvgIpc) is 3.45. The van der Waals surface area contributed by atoms with Gasteiger partial charge in [-0.15, -0.1) is 0 Å². The maximum atomic E-state index is 11.4. The molecular formula is C38H42Cl2N6O. The van der Waals surface area contributed by atoms with Gasteiger partial charge >= 0.3 is 0 Å². The van der Waals surface area contributed by atoms with E-state index in [2.05, 4.69) is 73.8 Å². The van der Waals surface area contributed by atoms with Gasteiger partial charge in [0.1, 0.15) is 0 Å². The number of nitrogens with zero attached hydrogens (tertiary/aromatic N) is 3. The molecule has 3 N–H and O–H groups in total. The molecule has 3 heterocycles. The standard InChI is InChI=1S/C38H42Cl2N6O/c1-27(47)43-34-16-21-45(22-17-34)19-2-20-46-37-15-18-41-26-35(37)38(44-46)32-11-14-36(40)31(23-32)10-7-28-3-5-29(6-4-28)24-42-25-30-8-12-33(39)13-9-30/h3-6,8-9,11-14,23,34,41-42H,2,15-22,24-26H2,1H3,(H,43,47). The highest BCUT2D eigenvalue weighted by Crippen LogP contribution is 2.30. The van der Waals surface area contributed by atoms with Crippen LogP contribution in [0.1, 0.15) is 59.7 Å². The fraction of sp³-hybridized carbons (Fsp3) is 0.368. The number of nitrogens with one attached hydrogen (secondary N) is 3. The number of aromatic nitrogens is 2. The van der Waals surface area contributed by atoms with E-state index in [9.17, 15) is 4.79 Å². The van der Waals surface area contributed by atoms with Crippen molar-refractivity contribution in [1.82, 2.24) is 30.6 Å². The Bertz CT molecular complexity index is 1730. The quantitative estimate of drug-likeness (QED) is 0.176. The van der Waals surface area contributed by atoms with Crippen LogP contribution in [0.5, 0.6) is 0 Å². The molecule has 0 bridgehead atoms. The van der Waals surface area contributed by atoms with Crippen LogP contribution >= 0.6 is 23.2 Å². The third-order valence-electron chi connectivity index (χ3n) is 8.95. The lowest BCUT2D eigenvalue weighted by Gasteiger charge is -2.32. The van der Waals surface area contributed by atoms with Gasteiger partial charge in [0, 0.05) is 98.2 Å². The van der Waals surface area contributed by atoms with Gasteiger partial charge in [-0.25, -0.2) is 0 Å². The predicted molar refractivity (Wildman–Crippen MR) is 190 cm³/mol. The van der Waals surface area contributed by atoms with Crippen molar-refractivity contribution in [1.29, 1.82) is 0 Å². The minimum Gasteiger partial charge on any atom is -0.354 e. The fourth-order valence-corrected chi connectivity index (χ4v) is 6.73. The number of benzene rings is 3. The van der Waals surface area contributed by atoms with Gasteiger partial charge in [-0.2, -0.15) is 5.10 Å². The Labute approximate surface area is 288 Å². The van der Waals surface area contributed by atoms with Crippen LogP contribution in [-0.2, 0) is 37.4 Å². The van der Waals surface area contributed by atoms with Crippen molar-refractivity contribution in [3.63, 3.8) is 0 Å². The third-order valence-corrected chi connectivity index (χ3v) is 9.53. The molecule has 0 aliphatic carbocycles. The van der Waals surface area contributed by atoms with Crippen LogP contribution in [0, 0.1) is 11.8 Å². The summed E-state index contributed by atoms with van der Waals surface area (Å²) in [7, 11) is 0. The number of amides is 1. The number of carbonyl (C=O) groups excluding carboxylic acids is 1. The van der Waals surface area contributed by atoms with E-state index in [1.54, 1.807) is 6.92 Å². The third kappa shape index (κ3) is 9.04. The van der Waals surface area contributed by atoms with Gasteiger partial charge < -0.3 is 20.9 Å². The Morgan fingerprint density at radius 1 is 0.957 bits per heavy atom. The van der Waals surface area contributed by atoms with Gasteiger partial charge in [-0.1, -0.05) is 65.4 Å². The SMILES string of the molecule is CC(=O)NC1CCN(CCCn2nc(-c3ccc(Cl)c(C#Cc4ccc(CNCc5ccc(Cl)cc5)cc4)c3)c3c2CCNC3)CC1. The number of carbonyl (C=O) groups is 1. The maximum Gasteiger partial charge on any atom is 0.217 e. The molecule has 6 rings (SSSR count). The lowest BCUT2D eigenvalue weighted by Crippen LogP contribution is -2.44. The molecule has 2 aliphatic rings. The number of halogens is 2. The van der Waals surface area contributed by atoms with E-state index in [1.165, 1.54) is 22.4 Å². The fourth-order valence-electron chi connectivity index (χ4n) is 6.44. The summed E-state index contributed by atoms with van der Waals surface area (Å²) in [4.78, 5) is 13.9. The second-order valence-corrected chi connectivity index (χ2v) is 13.3. The Morgan fingerprint density at radius 3 is 2.40 bits per heavy atom. The van der Waals surface area contributed by atoms with Crippen LogP contribution in [0.25, 0.3) is 11.3 Å². The minimum absolute atomic E-state index is 0.0675. The lowest BCUT2D eigenvalue weighted by molar-refractivity contribution is -0.119. The molecule has 1 aromatic heterocycles. The molecule has 4 aromatic rings. The molecule has 47 heavy (non-hydrogen) atoms. The first-order valence-corrected chi connectivity index (χ1v) is 17.3. The van der Waals surface area contributed by atoms with Crippen molar-refractivity contribution < 1.29 is 4.79 Å². The molecule has 0 spiro atoms. The minimum atomic E-state index is 0.0675. The Hall–Kier alpha value is -3.64. The van der Waals surface area contributed by atoms with Crippen LogP contribution in [-0.4, -0.2) is 52.8 Å². The summed E-state index contributed by atoms with van der Waals surface area (Å²) in [6.07, 6.45) is 4.05. The van der Waals surface area contributed by atoms with Crippen LogP contribution in [0.4, 0.5) is 0 Å². The largest absolute Gasteiger partial charge is 0.354 e. The van der Waals surface area contributed by atoms with E-state index in [0.717, 1.165) is 105 Å². The Balaban J connectivity index is 1.08.